The summed E-state index contributed by atoms with van der Waals surface area (Å²) in [5.41, 5.74) is 9.42. The topological polar surface area (TPSA) is 185 Å². The Labute approximate surface area is 445 Å². The molecule has 0 amide bonds. The maximum absolute atomic E-state index is 12.4. The second-order valence-electron chi connectivity index (χ2n) is 17.2. The van der Waals surface area contributed by atoms with Crippen molar-refractivity contribution in [2.24, 2.45) is 0 Å². The quantitative estimate of drug-likeness (QED) is 0.0528. The van der Waals surface area contributed by atoms with Crippen LogP contribution in [0.1, 0.15) is 45.7 Å². The Bertz CT molecular complexity index is 3230. The molecule has 0 saturated heterocycles. The molecule has 0 aliphatic rings. The van der Waals surface area contributed by atoms with E-state index in [0.717, 1.165) is 45.3 Å². The minimum absolute atomic E-state index is 0.288. The van der Waals surface area contributed by atoms with Crippen LogP contribution in [0.4, 0.5) is 81.2 Å². The third-order valence-electron chi connectivity index (χ3n) is 11.8. The lowest BCUT2D eigenvalue weighted by Crippen LogP contribution is -2.16. The van der Waals surface area contributed by atoms with Crippen LogP contribution in [0, 0.1) is 0 Å². The number of nitrogens with zero attached hydrogens (tertiary/aromatic N) is 8. The van der Waals surface area contributed by atoms with Crippen molar-refractivity contribution in [1.29, 1.82) is 0 Å². The fourth-order valence-corrected chi connectivity index (χ4v) is 8.19. The number of para-hydroxylation sites is 4. The molecule has 380 valence electrons. The van der Waals surface area contributed by atoms with E-state index < -0.39 is 11.9 Å². The van der Waals surface area contributed by atoms with Crippen molar-refractivity contribution in [1.82, 2.24) is 29.9 Å². The molecule has 77 heavy (non-hydrogen) atoms. The van der Waals surface area contributed by atoms with Gasteiger partial charge in [0.1, 0.15) is 0 Å². The second-order valence-corrected chi connectivity index (χ2v) is 17.2. The molecule has 16 nitrogen and oxygen atoms in total. The molecule has 2 heterocycles. The number of anilines is 14. The summed E-state index contributed by atoms with van der Waals surface area (Å²) in [5, 5.41) is 13.4. The average Bonchev–Trinajstić information content (AvgIpc) is 3.46. The Hall–Kier alpha value is -10.5. The molecular formula is C61H52N12O4. The maximum Gasteiger partial charge on any atom is 0.338 e. The first kappa shape index (κ1) is 50.1. The zero-order valence-corrected chi connectivity index (χ0v) is 42.1. The molecule has 0 spiro atoms. The largest absolute Gasteiger partial charge is 0.462 e. The van der Waals surface area contributed by atoms with Crippen molar-refractivity contribution in [3.8, 4) is 0 Å². The first-order chi connectivity index (χ1) is 37.8. The first-order valence-corrected chi connectivity index (χ1v) is 25.0. The second kappa shape index (κ2) is 24.0. The Morgan fingerprint density at radius 3 is 0.870 bits per heavy atom. The monoisotopic (exact) mass is 1020 g/mol. The number of carbonyl (C=O) groups excluding carboxylic acids is 2. The molecule has 16 heteroatoms. The molecule has 8 aromatic carbocycles. The van der Waals surface area contributed by atoms with Crippen LogP contribution in [0.2, 0.25) is 0 Å². The van der Waals surface area contributed by atoms with Crippen molar-refractivity contribution in [2.75, 3.05) is 44.3 Å². The Kier molecular flexibility index (Phi) is 15.6. The maximum atomic E-state index is 12.4. The number of esters is 2. The summed E-state index contributed by atoms with van der Waals surface area (Å²) in [6.45, 7) is 4.13. The van der Waals surface area contributed by atoms with Crippen LogP contribution in [-0.4, -0.2) is 55.1 Å². The van der Waals surface area contributed by atoms with Crippen LogP contribution in [-0.2, 0) is 15.9 Å². The van der Waals surface area contributed by atoms with Gasteiger partial charge in [0, 0.05) is 45.5 Å². The highest BCUT2D eigenvalue weighted by atomic mass is 16.5. The summed E-state index contributed by atoms with van der Waals surface area (Å²) in [6.07, 6.45) is 0.671. The molecule has 0 radical (unpaired) electrons. The van der Waals surface area contributed by atoms with Gasteiger partial charge >= 0.3 is 11.9 Å². The smallest absolute Gasteiger partial charge is 0.338 e. The summed E-state index contributed by atoms with van der Waals surface area (Å²) in [6, 6.07) is 69.7. The fraction of sp³-hybridized carbons (Fsp3) is 0.0820. The standard InChI is InChI=1S/C61H52N12O4/c1-3-76-54(74)44-29-37-48(38-30-44)64-58-66-56(68-60(70-58)72(50-17-9-5-10-18-50)51-19-11-6-12-20-51)62-46-33-25-42(26-34-46)41-43-27-35-47(36-28-43)63-57-67-59(65-49-39-31-45(32-40-49)55(75)77-4-2)71-61(69-57)73(52-21-13-7-14-22-52)53-23-15-8-16-24-53/h5-40H,3-4,41H2,1-2H3,(H2,62,64,66,68,70)(H2,63,65,67,69,71). The molecule has 0 unspecified atom stereocenters. The molecular weight excluding hydrogens is 965 g/mol. The average molecular weight is 1020 g/mol. The molecule has 4 N–H and O–H groups in total. The van der Waals surface area contributed by atoms with Gasteiger partial charge in [0.2, 0.25) is 35.7 Å². The van der Waals surface area contributed by atoms with Crippen molar-refractivity contribution < 1.29 is 19.1 Å². The van der Waals surface area contributed by atoms with Gasteiger partial charge in [-0.25, -0.2) is 9.59 Å². The van der Waals surface area contributed by atoms with Crippen LogP contribution < -0.4 is 31.1 Å². The van der Waals surface area contributed by atoms with Gasteiger partial charge in [-0.3, -0.25) is 9.80 Å². The molecule has 0 bridgehead atoms. The van der Waals surface area contributed by atoms with E-state index >= 15 is 0 Å². The number of nitrogens with one attached hydrogen (secondary N) is 4. The van der Waals surface area contributed by atoms with Crippen molar-refractivity contribution >= 4 is 93.1 Å². The third-order valence-corrected chi connectivity index (χ3v) is 11.8. The summed E-state index contributed by atoms with van der Waals surface area (Å²) >= 11 is 0. The summed E-state index contributed by atoms with van der Waals surface area (Å²) in [5.74, 6) is 1.20. The minimum Gasteiger partial charge on any atom is -0.462 e. The Morgan fingerprint density at radius 1 is 0.351 bits per heavy atom. The van der Waals surface area contributed by atoms with E-state index in [0.29, 0.717) is 64.6 Å². The Balaban J connectivity index is 0.878. The van der Waals surface area contributed by atoms with E-state index in [1.165, 1.54) is 0 Å². The van der Waals surface area contributed by atoms with Gasteiger partial charge in [-0.15, -0.1) is 0 Å². The van der Waals surface area contributed by atoms with Crippen LogP contribution >= 0.6 is 0 Å². The van der Waals surface area contributed by atoms with Crippen LogP contribution in [0.5, 0.6) is 0 Å². The zero-order valence-electron chi connectivity index (χ0n) is 42.1. The number of ether oxygens (including phenoxy) is 2. The van der Waals surface area contributed by atoms with Gasteiger partial charge in [0.25, 0.3) is 0 Å². The zero-order chi connectivity index (χ0) is 52.8. The van der Waals surface area contributed by atoms with Gasteiger partial charge in [-0.1, -0.05) is 97.1 Å². The summed E-state index contributed by atoms with van der Waals surface area (Å²) < 4.78 is 10.3. The van der Waals surface area contributed by atoms with Gasteiger partial charge in [0.15, 0.2) is 0 Å². The molecule has 0 saturated carbocycles. The lowest BCUT2D eigenvalue weighted by Gasteiger charge is -2.24. The summed E-state index contributed by atoms with van der Waals surface area (Å²) in [4.78, 5) is 57.9. The number of carbonyl (C=O) groups is 2. The lowest BCUT2D eigenvalue weighted by atomic mass is 10.0. The first-order valence-electron chi connectivity index (χ1n) is 25.0. The predicted molar refractivity (Wildman–Crippen MR) is 303 cm³/mol. The van der Waals surface area contributed by atoms with Gasteiger partial charge in [0.05, 0.1) is 24.3 Å². The van der Waals surface area contributed by atoms with E-state index in [9.17, 15) is 9.59 Å². The highest BCUT2D eigenvalue weighted by Gasteiger charge is 2.21. The van der Waals surface area contributed by atoms with Crippen LogP contribution in [0.25, 0.3) is 0 Å². The van der Waals surface area contributed by atoms with Crippen LogP contribution in [0.3, 0.4) is 0 Å². The molecule has 0 atom stereocenters. The van der Waals surface area contributed by atoms with Crippen LogP contribution in [0.15, 0.2) is 218 Å². The summed E-state index contributed by atoms with van der Waals surface area (Å²) in [7, 11) is 0. The molecule has 10 aromatic rings. The van der Waals surface area contributed by atoms with Crippen molar-refractivity contribution in [3.63, 3.8) is 0 Å². The van der Waals surface area contributed by atoms with E-state index in [1.54, 1.807) is 62.4 Å². The van der Waals surface area contributed by atoms with E-state index in [-0.39, 0.29) is 13.2 Å². The number of hydrogen-bond donors (Lipinski definition) is 4. The lowest BCUT2D eigenvalue weighted by molar-refractivity contribution is 0.0517. The van der Waals surface area contributed by atoms with Crippen molar-refractivity contribution in [2.45, 2.75) is 20.3 Å². The highest BCUT2D eigenvalue weighted by molar-refractivity contribution is 5.90. The molecule has 2 aromatic heterocycles. The van der Waals surface area contributed by atoms with Gasteiger partial charge in [-0.05, 0) is 153 Å². The number of aromatic nitrogens is 6. The van der Waals surface area contributed by atoms with E-state index in [1.807, 2.05) is 155 Å². The number of benzene rings is 8. The van der Waals surface area contributed by atoms with Gasteiger partial charge in [-0.2, -0.15) is 29.9 Å². The molecule has 10 rings (SSSR count). The number of rotatable bonds is 20. The Morgan fingerprint density at radius 2 is 0.610 bits per heavy atom. The molecule has 0 aliphatic carbocycles. The van der Waals surface area contributed by atoms with Gasteiger partial charge < -0.3 is 30.7 Å². The van der Waals surface area contributed by atoms with E-state index in [2.05, 4.69) is 45.5 Å². The molecule has 0 fully saturated rings. The third kappa shape index (κ3) is 12.8. The molecule has 0 aliphatic heterocycles. The number of hydrogen-bond acceptors (Lipinski definition) is 16. The highest BCUT2D eigenvalue weighted by Crippen LogP contribution is 2.35. The SMILES string of the molecule is CCOC(=O)c1ccc(Nc2nc(Nc3ccc(Cc4ccc(Nc5nc(Nc6ccc(C(=O)OCC)cc6)nc(N(c6ccccc6)c6ccccc6)n5)cc4)cc3)nc(N(c3ccccc3)c3ccccc3)n2)cc1. The predicted octanol–water partition coefficient (Wildman–Crippen LogP) is 13.9. The normalized spacial score (nSPS) is 10.7. The van der Waals surface area contributed by atoms with Crippen molar-refractivity contribution in [3.05, 3.63) is 241 Å². The fourth-order valence-electron chi connectivity index (χ4n) is 8.19. The minimum atomic E-state index is -0.392. The van der Waals surface area contributed by atoms with E-state index in [4.69, 9.17) is 39.4 Å².